The average Bonchev–Trinajstić information content (AvgIpc) is 3.10. The van der Waals surface area contributed by atoms with Crippen molar-refractivity contribution in [2.75, 3.05) is 0 Å². The summed E-state index contributed by atoms with van der Waals surface area (Å²) in [6.45, 7) is 0. The van der Waals surface area contributed by atoms with Crippen molar-refractivity contribution in [3.05, 3.63) is 62.5 Å². The Kier molecular flexibility index (Phi) is 5.85. The molecule has 8 heteroatoms. The van der Waals surface area contributed by atoms with Gasteiger partial charge in [0.25, 0.3) is 5.91 Å². The summed E-state index contributed by atoms with van der Waals surface area (Å²) in [4.78, 5) is 12.2. The summed E-state index contributed by atoms with van der Waals surface area (Å²) in [6, 6.07) is 12.9. The molecule has 3 rings (SSSR count). The lowest BCUT2D eigenvalue weighted by Crippen LogP contribution is -2.41. The highest BCUT2D eigenvalue weighted by Crippen LogP contribution is 2.29. The van der Waals surface area contributed by atoms with Gasteiger partial charge in [-0.1, -0.05) is 46.3 Å². The second-order valence-corrected chi connectivity index (χ2v) is 7.31. The number of nitrogens with one attached hydrogen (secondary N) is 3. The molecule has 0 aliphatic carbocycles. The molecule has 4 N–H and O–H groups in total. The number of phenols is 1. The summed E-state index contributed by atoms with van der Waals surface area (Å²) in [5.41, 5.74) is 10.4. The van der Waals surface area contributed by atoms with Crippen LogP contribution >= 0.6 is 31.9 Å². The molecule has 1 saturated heterocycles. The van der Waals surface area contributed by atoms with Gasteiger partial charge in [-0.3, -0.25) is 4.79 Å². The number of halogens is 2. The van der Waals surface area contributed by atoms with E-state index < -0.39 is 0 Å². The zero-order valence-electron chi connectivity index (χ0n) is 13.0. The van der Waals surface area contributed by atoms with E-state index in [2.05, 4.69) is 53.2 Å². The highest BCUT2D eigenvalue weighted by atomic mass is 79.9. The number of aromatic hydroxyl groups is 1. The van der Waals surface area contributed by atoms with E-state index in [1.165, 1.54) is 6.21 Å². The number of hydrogen-bond donors (Lipinski definition) is 4. The molecule has 1 fully saturated rings. The van der Waals surface area contributed by atoms with E-state index in [1.54, 1.807) is 12.1 Å². The standard InChI is InChI=1S/C17H16Br2N4O2/c18-12-7-13(19)16(24)6-11(12)9-20-23-17(25)15-8-14(21-22-15)10-4-2-1-3-5-10/h1-7,9,14-15,21-22,24H,8H2,(H,23,25)/b20-9+. The first-order chi connectivity index (χ1) is 12.0. The van der Waals surface area contributed by atoms with Crippen LogP contribution in [0.25, 0.3) is 0 Å². The first-order valence-corrected chi connectivity index (χ1v) is 9.20. The smallest absolute Gasteiger partial charge is 0.258 e. The molecule has 2 atom stereocenters. The van der Waals surface area contributed by atoms with E-state index in [-0.39, 0.29) is 23.7 Å². The molecule has 2 unspecified atom stereocenters. The lowest BCUT2D eigenvalue weighted by Gasteiger charge is -2.08. The number of phenolic OH excluding ortho intramolecular Hbond substituents is 1. The van der Waals surface area contributed by atoms with Crippen LogP contribution in [-0.4, -0.2) is 23.3 Å². The van der Waals surface area contributed by atoms with Crippen LogP contribution in [0.1, 0.15) is 23.6 Å². The molecule has 2 aromatic carbocycles. The van der Waals surface area contributed by atoms with Crippen molar-refractivity contribution in [2.45, 2.75) is 18.5 Å². The number of rotatable bonds is 4. The van der Waals surface area contributed by atoms with Crippen molar-refractivity contribution >= 4 is 44.0 Å². The highest BCUT2D eigenvalue weighted by molar-refractivity contribution is 9.11. The van der Waals surface area contributed by atoms with E-state index in [0.717, 1.165) is 10.0 Å². The maximum absolute atomic E-state index is 12.2. The van der Waals surface area contributed by atoms with Gasteiger partial charge in [0.05, 0.1) is 10.7 Å². The van der Waals surface area contributed by atoms with Crippen LogP contribution in [-0.2, 0) is 4.79 Å². The average molecular weight is 468 g/mol. The Bertz CT molecular complexity index is 799. The second kappa shape index (κ2) is 8.09. The van der Waals surface area contributed by atoms with Crippen molar-refractivity contribution in [1.82, 2.24) is 16.3 Å². The largest absolute Gasteiger partial charge is 0.507 e. The molecule has 0 radical (unpaired) electrons. The van der Waals surface area contributed by atoms with Crippen LogP contribution in [0.4, 0.5) is 0 Å². The van der Waals surface area contributed by atoms with Gasteiger partial charge in [0, 0.05) is 16.1 Å². The minimum absolute atomic E-state index is 0.0819. The fraction of sp³-hybridized carbons (Fsp3) is 0.176. The van der Waals surface area contributed by atoms with E-state index in [4.69, 9.17) is 0 Å². The summed E-state index contributed by atoms with van der Waals surface area (Å²) in [5.74, 6) is -0.122. The number of benzene rings is 2. The van der Waals surface area contributed by atoms with Crippen LogP contribution in [0.3, 0.4) is 0 Å². The van der Waals surface area contributed by atoms with Crippen LogP contribution < -0.4 is 16.3 Å². The van der Waals surface area contributed by atoms with Gasteiger partial charge in [-0.15, -0.1) is 0 Å². The SMILES string of the molecule is O=C(N/N=C/c1cc(O)c(Br)cc1Br)C1CC(c2ccccc2)NN1. The van der Waals surface area contributed by atoms with Crippen LogP contribution in [0.2, 0.25) is 0 Å². The van der Waals surface area contributed by atoms with Crippen LogP contribution in [0, 0.1) is 0 Å². The van der Waals surface area contributed by atoms with Crippen molar-refractivity contribution in [3.63, 3.8) is 0 Å². The van der Waals surface area contributed by atoms with Gasteiger partial charge in [0.2, 0.25) is 0 Å². The maximum atomic E-state index is 12.2. The predicted molar refractivity (Wildman–Crippen MR) is 103 cm³/mol. The lowest BCUT2D eigenvalue weighted by molar-refractivity contribution is -0.122. The molecule has 0 bridgehead atoms. The van der Waals surface area contributed by atoms with Gasteiger partial charge < -0.3 is 5.11 Å². The summed E-state index contributed by atoms with van der Waals surface area (Å²) in [6.07, 6.45) is 2.11. The lowest BCUT2D eigenvalue weighted by atomic mass is 10.0. The quantitative estimate of drug-likeness (QED) is 0.411. The van der Waals surface area contributed by atoms with Crippen LogP contribution in [0.15, 0.2) is 56.5 Å². The van der Waals surface area contributed by atoms with Crippen LogP contribution in [0.5, 0.6) is 5.75 Å². The topological polar surface area (TPSA) is 85.8 Å². The van der Waals surface area contributed by atoms with Gasteiger partial charge >= 0.3 is 0 Å². The van der Waals surface area contributed by atoms with E-state index in [1.807, 2.05) is 30.3 Å². The summed E-state index contributed by atoms with van der Waals surface area (Å²) in [5, 5.41) is 13.7. The minimum Gasteiger partial charge on any atom is -0.507 e. The molecule has 1 amide bonds. The highest BCUT2D eigenvalue weighted by Gasteiger charge is 2.29. The fourth-order valence-electron chi connectivity index (χ4n) is 2.53. The Morgan fingerprint density at radius 3 is 2.72 bits per heavy atom. The Balaban J connectivity index is 1.57. The summed E-state index contributed by atoms with van der Waals surface area (Å²) in [7, 11) is 0. The number of carbonyl (C=O) groups excluding carboxylic acids is 1. The number of carbonyl (C=O) groups is 1. The van der Waals surface area contributed by atoms with E-state index in [9.17, 15) is 9.90 Å². The molecular weight excluding hydrogens is 452 g/mol. The molecule has 1 aliphatic heterocycles. The number of nitrogens with zero attached hydrogens (tertiary/aromatic N) is 1. The first-order valence-electron chi connectivity index (χ1n) is 7.61. The number of hydrazone groups is 1. The van der Waals surface area contributed by atoms with Gasteiger partial charge in [-0.05, 0) is 40.0 Å². The van der Waals surface area contributed by atoms with Gasteiger partial charge in [-0.25, -0.2) is 16.3 Å². The zero-order valence-corrected chi connectivity index (χ0v) is 16.2. The number of hydrogen-bond acceptors (Lipinski definition) is 5. The van der Waals surface area contributed by atoms with Gasteiger partial charge in [0.1, 0.15) is 11.8 Å². The zero-order chi connectivity index (χ0) is 17.8. The van der Waals surface area contributed by atoms with Gasteiger partial charge in [-0.2, -0.15) is 5.10 Å². The summed E-state index contributed by atoms with van der Waals surface area (Å²) >= 11 is 6.61. The van der Waals surface area contributed by atoms with Crippen molar-refractivity contribution in [1.29, 1.82) is 0 Å². The molecule has 130 valence electrons. The molecule has 1 heterocycles. The normalized spacial score (nSPS) is 20.1. The number of hydrazine groups is 1. The molecule has 1 aliphatic rings. The second-order valence-electron chi connectivity index (χ2n) is 5.60. The summed E-state index contributed by atoms with van der Waals surface area (Å²) < 4.78 is 1.33. The Morgan fingerprint density at radius 2 is 1.96 bits per heavy atom. The van der Waals surface area contributed by atoms with E-state index >= 15 is 0 Å². The van der Waals surface area contributed by atoms with E-state index in [0.29, 0.717) is 16.5 Å². The fourth-order valence-corrected chi connectivity index (χ4v) is 3.62. The first kappa shape index (κ1) is 18.1. The van der Waals surface area contributed by atoms with Crippen molar-refractivity contribution < 1.29 is 9.90 Å². The monoisotopic (exact) mass is 466 g/mol. The maximum Gasteiger partial charge on any atom is 0.258 e. The molecule has 25 heavy (non-hydrogen) atoms. The minimum atomic E-state index is -0.371. The molecular formula is C17H16Br2N4O2. The Morgan fingerprint density at radius 1 is 1.20 bits per heavy atom. The third-order valence-electron chi connectivity index (χ3n) is 3.87. The van der Waals surface area contributed by atoms with Crippen molar-refractivity contribution in [3.8, 4) is 5.75 Å². The molecule has 0 aromatic heterocycles. The molecule has 2 aromatic rings. The third-order valence-corrected chi connectivity index (χ3v) is 5.19. The molecule has 0 spiro atoms. The molecule has 6 nitrogen and oxygen atoms in total. The molecule has 0 saturated carbocycles. The Hall–Kier alpha value is -1.74. The Labute approximate surface area is 161 Å². The number of amides is 1. The van der Waals surface area contributed by atoms with Crippen molar-refractivity contribution in [2.24, 2.45) is 5.10 Å². The predicted octanol–water partition coefficient (Wildman–Crippen LogP) is 2.98. The van der Waals surface area contributed by atoms with Gasteiger partial charge in [0.15, 0.2) is 0 Å². The third kappa shape index (κ3) is 4.46.